The summed E-state index contributed by atoms with van der Waals surface area (Å²) in [5, 5.41) is 2.47. The summed E-state index contributed by atoms with van der Waals surface area (Å²) in [5.41, 5.74) is 17.3. The first kappa shape index (κ1) is 34.7. The van der Waals surface area contributed by atoms with E-state index in [1.165, 1.54) is 67.3 Å². The molecule has 0 unspecified atom stereocenters. The average molecular weight is 759 g/mol. The van der Waals surface area contributed by atoms with Crippen molar-refractivity contribution in [2.24, 2.45) is 0 Å². The van der Waals surface area contributed by atoms with Crippen LogP contribution in [0.4, 0.5) is 21.5 Å². The van der Waals surface area contributed by atoms with Crippen LogP contribution in [0.1, 0.15) is 23.6 Å². The second-order valence-electron chi connectivity index (χ2n) is 15.6. The Balaban J connectivity index is 0.988. The molecule has 280 valence electrons. The number of benzene rings is 9. The van der Waals surface area contributed by atoms with E-state index in [0.29, 0.717) is 0 Å². The zero-order valence-electron chi connectivity index (χ0n) is 32.6. The Labute approximate surface area is 343 Å². The summed E-state index contributed by atoms with van der Waals surface area (Å²) in [7, 11) is 0. The molecule has 1 aromatic heterocycles. The molecule has 1 aliphatic rings. The van der Waals surface area contributed by atoms with Crippen LogP contribution in [0.15, 0.2) is 218 Å². The Kier molecular flexibility index (Phi) is 8.16. The van der Waals surface area contributed by atoms with E-state index in [0.717, 1.165) is 39.4 Å². The predicted octanol–water partition coefficient (Wildman–Crippen LogP) is 15.1. The molecule has 59 heavy (non-hydrogen) atoms. The third-order valence-corrected chi connectivity index (χ3v) is 12.4. The Morgan fingerprint density at radius 3 is 1.47 bits per heavy atom. The maximum atomic E-state index is 13.8. The van der Waals surface area contributed by atoms with Crippen LogP contribution < -0.4 is 4.90 Å². The number of para-hydroxylation sites is 2. The van der Waals surface area contributed by atoms with Gasteiger partial charge in [-0.1, -0.05) is 140 Å². The van der Waals surface area contributed by atoms with Gasteiger partial charge in [-0.15, -0.1) is 0 Å². The fourth-order valence-electron chi connectivity index (χ4n) is 9.41. The molecule has 0 N–H and O–H groups in total. The number of hydrogen-bond acceptors (Lipinski definition) is 1. The molecule has 0 bridgehead atoms. The van der Waals surface area contributed by atoms with E-state index in [4.69, 9.17) is 0 Å². The van der Waals surface area contributed by atoms with Gasteiger partial charge in [-0.2, -0.15) is 0 Å². The van der Waals surface area contributed by atoms with Gasteiger partial charge in [-0.3, -0.25) is 0 Å². The van der Waals surface area contributed by atoms with Gasteiger partial charge in [0.05, 0.1) is 11.0 Å². The average Bonchev–Trinajstić information content (AvgIpc) is 3.77. The van der Waals surface area contributed by atoms with Crippen molar-refractivity contribution in [2.75, 3.05) is 4.90 Å². The maximum absolute atomic E-state index is 13.8. The molecule has 0 fully saturated rings. The van der Waals surface area contributed by atoms with Crippen LogP contribution in [0, 0.1) is 5.82 Å². The van der Waals surface area contributed by atoms with E-state index in [1.807, 2.05) is 12.1 Å². The minimum absolute atomic E-state index is 0.235. The summed E-state index contributed by atoms with van der Waals surface area (Å²) in [6.45, 7) is 2.36. The lowest BCUT2D eigenvalue weighted by atomic mass is 9.74. The Morgan fingerprint density at radius 2 is 0.864 bits per heavy atom. The van der Waals surface area contributed by atoms with Crippen LogP contribution in [0.2, 0.25) is 0 Å². The van der Waals surface area contributed by atoms with Gasteiger partial charge in [-0.05, 0) is 136 Å². The highest BCUT2D eigenvalue weighted by molar-refractivity contribution is 6.10. The highest BCUT2D eigenvalue weighted by Crippen LogP contribution is 2.52. The van der Waals surface area contributed by atoms with Gasteiger partial charge in [0.15, 0.2) is 0 Å². The monoisotopic (exact) mass is 758 g/mol. The Bertz CT molecular complexity index is 3100. The summed E-state index contributed by atoms with van der Waals surface area (Å²) in [6, 6.07) is 76.9. The van der Waals surface area contributed by atoms with Crippen LogP contribution >= 0.6 is 0 Å². The van der Waals surface area contributed by atoms with Crippen molar-refractivity contribution in [2.45, 2.75) is 12.3 Å². The van der Waals surface area contributed by atoms with Gasteiger partial charge in [0.25, 0.3) is 0 Å². The topological polar surface area (TPSA) is 8.17 Å². The smallest absolute Gasteiger partial charge is 0.123 e. The van der Waals surface area contributed by atoms with Crippen molar-refractivity contribution >= 4 is 38.9 Å². The number of nitrogens with zero attached hydrogens (tertiary/aromatic N) is 2. The second kappa shape index (κ2) is 13.9. The number of anilines is 3. The van der Waals surface area contributed by atoms with Crippen LogP contribution in [0.3, 0.4) is 0 Å². The molecule has 3 heteroatoms. The zero-order chi connectivity index (χ0) is 39.5. The van der Waals surface area contributed by atoms with E-state index in [2.05, 4.69) is 211 Å². The van der Waals surface area contributed by atoms with E-state index < -0.39 is 0 Å². The third kappa shape index (κ3) is 5.69. The lowest BCUT2D eigenvalue weighted by molar-refractivity contribution is 0.628. The molecule has 10 aromatic rings. The summed E-state index contributed by atoms with van der Waals surface area (Å²) in [4.78, 5) is 2.32. The SMILES string of the molecule is CC1(c2ccc(N(c3ccc(-c4ccc(F)cc4)cc3)c3ccc(-c4ccc5c(c4)c4ccccc4n5-c4ccccc4)cc3)cc2)c2ccccc2-c2ccccc21. The molecule has 11 rings (SSSR count). The van der Waals surface area contributed by atoms with Gasteiger partial charge in [0.1, 0.15) is 5.82 Å². The van der Waals surface area contributed by atoms with Crippen LogP contribution in [-0.2, 0) is 5.41 Å². The van der Waals surface area contributed by atoms with E-state index in [9.17, 15) is 4.39 Å². The van der Waals surface area contributed by atoms with E-state index in [1.54, 1.807) is 0 Å². The molecule has 1 heterocycles. The molecule has 0 amide bonds. The standard InChI is InChI=1S/C56H39FN2/c1-56(52-16-8-5-13-48(52)49-14-6-9-17-53(49)56)42-26-34-47(35-27-42)58(45-30-21-39(22-31-45)38-19-28-43(57)29-20-38)46-32-23-40(24-33-46)41-25-36-55-51(37-41)50-15-7-10-18-54(50)59(55)44-11-3-2-4-12-44/h2-37H,1H3. The maximum Gasteiger partial charge on any atom is 0.123 e. The van der Waals surface area contributed by atoms with Gasteiger partial charge in [-0.25, -0.2) is 4.39 Å². The quantitative estimate of drug-likeness (QED) is 0.157. The van der Waals surface area contributed by atoms with Gasteiger partial charge in [0, 0.05) is 38.9 Å². The van der Waals surface area contributed by atoms with Crippen LogP contribution in [-0.4, -0.2) is 4.57 Å². The molecule has 0 spiro atoms. The summed E-state index contributed by atoms with van der Waals surface area (Å²) < 4.78 is 16.1. The van der Waals surface area contributed by atoms with E-state index >= 15 is 0 Å². The zero-order valence-corrected chi connectivity index (χ0v) is 32.6. The minimum Gasteiger partial charge on any atom is -0.311 e. The second-order valence-corrected chi connectivity index (χ2v) is 15.6. The molecule has 0 saturated heterocycles. The largest absolute Gasteiger partial charge is 0.311 e. The van der Waals surface area contributed by atoms with Crippen molar-refractivity contribution in [3.05, 3.63) is 241 Å². The summed E-state index contributed by atoms with van der Waals surface area (Å²) >= 11 is 0. The minimum atomic E-state index is -0.274. The molecular weight excluding hydrogens is 720 g/mol. The lowest BCUT2D eigenvalue weighted by Crippen LogP contribution is -2.22. The first-order valence-corrected chi connectivity index (χ1v) is 20.2. The normalized spacial score (nSPS) is 12.7. The number of hydrogen-bond donors (Lipinski definition) is 0. The van der Waals surface area contributed by atoms with Crippen molar-refractivity contribution in [1.29, 1.82) is 0 Å². The van der Waals surface area contributed by atoms with Crippen molar-refractivity contribution in [3.63, 3.8) is 0 Å². The fraction of sp³-hybridized carbons (Fsp3) is 0.0357. The summed E-state index contributed by atoms with van der Waals surface area (Å²) in [6.07, 6.45) is 0. The first-order valence-electron chi connectivity index (χ1n) is 20.2. The Morgan fingerprint density at radius 1 is 0.407 bits per heavy atom. The van der Waals surface area contributed by atoms with Gasteiger partial charge >= 0.3 is 0 Å². The fourth-order valence-corrected chi connectivity index (χ4v) is 9.41. The van der Waals surface area contributed by atoms with Crippen molar-refractivity contribution in [1.82, 2.24) is 4.57 Å². The highest BCUT2D eigenvalue weighted by atomic mass is 19.1. The third-order valence-electron chi connectivity index (χ3n) is 12.4. The van der Waals surface area contributed by atoms with Crippen molar-refractivity contribution in [3.8, 4) is 39.1 Å². The number of aromatic nitrogens is 1. The Hall–Kier alpha value is -7.49. The number of halogens is 1. The van der Waals surface area contributed by atoms with Crippen LogP contribution in [0.25, 0.3) is 60.9 Å². The predicted molar refractivity (Wildman–Crippen MR) is 244 cm³/mol. The lowest BCUT2D eigenvalue weighted by Gasteiger charge is -2.30. The molecule has 0 atom stereocenters. The van der Waals surface area contributed by atoms with Crippen LogP contribution in [0.5, 0.6) is 0 Å². The molecule has 1 aliphatic carbocycles. The molecule has 0 aliphatic heterocycles. The molecule has 2 nitrogen and oxygen atoms in total. The molecular formula is C56H39FN2. The number of rotatable bonds is 7. The van der Waals surface area contributed by atoms with Gasteiger partial charge in [0.2, 0.25) is 0 Å². The number of fused-ring (bicyclic) bond motifs is 6. The van der Waals surface area contributed by atoms with Gasteiger partial charge < -0.3 is 9.47 Å². The van der Waals surface area contributed by atoms with Crippen molar-refractivity contribution < 1.29 is 4.39 Å². The van der Waals surface area contributed by atoms with E-state index in [-0.39, 0.29) is 11.2 Å². The molecule has 9 aromatic carbocycles. The molecule has 0 saturated carbocycles. The first-order chi connectivity index (χ1) is 29.0. The molecule has 0 radical (unpaired) electrons. The highest BCUT2D eigenvalue weighted by Gasteiger charge is 2.40. The summed E-state index contributed by atoms with van der Waals surface area (Å²) in [5.74, 6) is -0.235.